The normalized spacial score (nSPS) is 12.3. The standard InChI is InChI=1S/C10H12BrNO3/c1-5-3-6(11)4-7(9(5)13)8(12)10(14)15-2/h3-4,8,13H,12H2,1-2H3/t8-/m1/s1. The molecule has 1 aromatic carbocycles. The van der Waals surface area contributed by atoms with E-state index in [1.54, 1.807) is 19.1 Å². The molecule has 3 N–H and O–H groups in total. The van der Waals surface area contributed by atoms with E-state index in [4.69, 9.17) is 5.73 Å². The van der Waals surface area contributed by atoms with Crippen molar-refractivity contribution in [3.8, 4) is 5.75 Å². The van der Waals surface area contributed by atoms with Crippen molar-refractivity contribution in [2.45, 2.75) is 13.0 Å². The maximum Gasteiger partial charge on any atom is 0.327 e. The topological polar surface area (TPSA) is 72.5 Å². The van der Waals surface area contributed by atoms with Gasteiger partial charge in [0.05, 0.1) is 7.11 Å². The number of methoxy groups -OCH3 is 1. The largest absolute Gasteiger partial charge is 0.507 e. The Morgan fingerprint density at radius 1 is 1.60 bits per heavy atom. The summed E-state index contributed by atoms with van der Waals surface area (Å²) in [7, 11) is 1.25. The molecule has 0 spiro atoms. The van der Waals surface area contributed by atoms with Crippen LogP contribution in [0.15, 0.2) is 16.6 Å². The molecule has 0 radical (unpaired) electrons. The average molecular weight is 274 g/mol. The fourth-order valence-corrected chi connectivity index (χ4v) is 1.84. The first-order valence-corrected chi connectivity index (χ1v) is 5.09. The highest BCUT2D eigenvalue weighted by atomic mass is 79.9. The van der Waals surface area contributed by atoms with Gasteiger partial charge < -0.3 is 15.6 Å². The maximum atomic E-state index is 11.2. The zero-order chi connectivity index (χ0) is 11.6. The lowest BCUT2D eigenvalue weighted by molar-refractivity contribution is -0.142. The van der Waals surface area contributed by atoms with Gasteiger partial charge >= 0.3 is 5.97 Å². The summed E-state index contributed by atoms with van der Waals surface area (Å²) >= 11 is 3.27. The molecule has 4 nitrogen and oxygen atoms in total. The average Bonchev–Trinajstić information content (AvgIpc) is 2.21. The molecule has 5 heteroatoms. The number of ether oxygens (including phenoxy) is 1. The van der Waals surface area contributed by atoms with Gasteiger partial charge in [-0.15, -0.1) is 0 Å². The molecule has 0 bridgehead atoms. The van der Waals surface area contributed by atoms with Crippen LogP contribution in [-0.4, -0.2) is 18.2 Å². The molecule has 1 aromatic rings. The van der Waals surface area contributed by atoms with Crippen molar-refractivity contribution in [2.75, 3.05) is 7.11 Å². The van der Waals surface area contributed by atoms with Crippen LogP contribution in [0.5, 0.6) is 5.75 Å². The third-order valence-corrected chi connectivity index (χ3v) is 2.54. The highest BCUT2D eigenvalue weighted by Crippen LogP contribution is 2.30. The number of phenolic OH excluding ortho intramolecular Hbond substituents is 1. The van der Waals surface area contributed by atoms with Gasteiger partial charge in [-0.1, -0.05) is 15.9 Å². The number of carbonyl (C=O) groups excluding carboxylic acids is 1. The van der Waals surface area contributed by atoms with E-state index in [2.05, 4.69) is 20.7 Å². The fourth-order valence-electron chi connectivity index (χ4n) is 1.25. The van der Waals surface area contributed by atoms with Crippen LogP contribution < -0.4 is 5.73 Å². The minimum Gasteiger partial charge on any atom is -0.507 e. The van der Waals surface area contributed by atoms with Gasteiger partial charge in [-0.3, -0.25) is 4.79 Å². The summed E-state index contributed by atoms with van der Waals surface area (Å²) in [6, 6.07) is 2.37. The SMILES string of the molecule is COC(=O)[C@H](N)c1cc(Br)cc(C)c1O. The van der Waals surface area contributed by atoms with Gasteiger partial charge in [0, 0.05) is 10.0 Å². The first-order chi connectivity index (χ1) is 6.97. The fraction of sp³-hybridized carbons (Fsp3) is 0.300. The van der Waals surface area contributed by atoms with E-state index >= 15 is 0 Å². The van der Waals surface area contributed by atoms with Gasteiger partial charge in [-0.05, 0) is 24.6 Å². The van der Waals surface area contributed by atoms with E-state index in [0.29, 0.717) is 11.1 Å². The van der Waals surface area contributed by atoms with Crippen LogP contribution in [-0.2, 0) is 9.53 Å². The van der Waals surface area contributed by atoms with Crippen LogP contribution >= 0.6 is 15.9 Å². The predicted molar refractivity (Wildman–Crippen MR) is 59.5 cm³/mol. The summed E-state index contributed by atoms with van der Waals surface area (Å²) in [5.41, 5.74) is 6.64. The molecule has 0 heterocycles. The maximum absolute atomic E-state index is 11.2. The van der Waals surface area contributed by atoms with Crippen molar-refractivity contribution in [3.63, 3.8) is 0 Å². The van der Waals surface area contributed by atoms with E-state index in [-0.39, 0.29) is 5.75 Å². The van der Waals surface area contributed by atoms with E-state index < -0.39 is 12.0 Å². The first-order valence-electron chi connectivity index (χ1n) is 4.29. The lowest BCUT2D eigenvalue weighted by Gasteiger charge is -2.13. The third kappa shape index (κ3) is 2.49. The third-order valence-electron chi connectivity index (χ3n) is 2.08. The van der Waals surface area contributed by atoms with Gasteiger partial charge in [0.25, 0.3) is 0 Å². The van der Waals surface area contributed by atoms with Crippen molar-refractivity contribution in [1.82, 2.24) is 0 Å². The highest BCUT2D eigenvalue weighted by molar-refractivity contribution is 9.10. The molecule has 0 unspecified atom stereocenters. The molecule has 1 atom stereocenters. The predicted octanol–water partition coefficient (Wildman–Crippen LogP) is 1.64. The highest BCUT2D eigenvalue weighted by Gasteiger charge is 2.21. The summed E-state index contributed by atoms with van der Waals surface area (Å²) in [4.78, 5) is 11.2. The molecule has 0 saturated heterocycles. The van der Waals surface area contributed by atoms with Crippen molar-refractivity contribution < 1.29 is 14.6 Å². The zero-order valence-electron chi connectivity index (χ0n) is 8.45. The van der Waals surface area contributed by atoms with E-state index in [9.17, 15) is 9.90 Å². The Labute approximate surface area is 96.2 Å². The monoisotopic (exact) mass is 273 g/mol. The number of benzene rings is 1. The summed E-state index contributed by atoms with van der Waals surface area (Å²) in [6.45, 7) is 1.73. The Kier molecular flexibility index (Phi) is 3.71. The van der Waals surface area contributed by atoms with E-state index in [1.165, 1.54) is 7.11 Å². The lowest BCUT2D eigenvalue weighted by atomic mass is 10.0. The molecule has 0 fully saturated rings. The zero-order valence-corrected chi connectivity index (χ0v) is 10.0. The molecule has 0 aliphatic rings. The molecule has 1 rings (SSSR count). The molecule has 0 aromatic heterocycles. The number of hydrogen-bond donors (Lipinski definition) is 2. The second kappa shape index (κ2) is 4.63. The van der Waals surface area contributed by atoms with Gasteiger partial charge in [-0.2, -0.15) is 0 Å². The molecule has 0 aliphatic heterocycles. The number of rotatable bonds is 2. The Balaban J connectivity index is 3.19. The summed E-state index contributed by atoms with van der Waals surface area (Å²) in [5.74, 6) is -0.557. The van der Waals surface area contributed by atoms with E-state index in [0.717, 1.165) is 4.47 Å². The smallest absolute Gasteiger partial charge is 0.327 e. The molecule has 0 amide bonds. The summed E-state index contributed by atoms with van der Waals surface area (Å²) in [6.07, 6.45) is 0. The second-order valence-corrected chi connectivity index (χ2v) is 4.08. The van der Waals surface area contributed by atoms with Gasteiger partial charge in [0.1, 0.15) is 11.8 Å². The molecular weight excluding hydrogens is 262 g/mol. The number of hydrogen-bond acceptors (Lipinski definition) is 4. The second-order valence-electron chi connectivity index (χ2n) is 3.16. The number of aryl methyl sites for hydroxylation is 1. The van der Waals surface area contributed by atoms with Crippen molar-refractivity contribution in [1.29, 1.82) is 0 Å². The Hall–Kier alpha value is -1.07. The van der Waals surface area contributed by atoms with Crippen LogP contribution in [0.3, 0.4) is 0 Å². The number of carbonyl (C=O) groups is 1. The molecule has 0 aliphatic carbocycles. The number of aromatic hydroxyl groups is 1. The van der Waals surface area contributed by atoms with Gasteiger partial charge in [-0.25, -0.2) is 0 Å². The molecule has 0 saturated carbocycles. The van der Waals surface area contributed by atoms with Crippen molar-refractivity contribution in [2.24, 2.45) is 5.73 Å². The van der Waals surface area contributed by atoms with Crippen molar-refractivity contribution >= 4 is 21.9 Å². The van der Waals surface area contributed by atoms with Crippen LogP contribution in [0.4, 0.5) is 0 Å². The van der Waals surface area contributed by atoms with Gasteiger partial charge in [0.15, 0.2) is 0 Å². The van der Waals surface area contributed by atoms with Crippen molar-refractivity contribution in [3.05, 3.63) is 27.7 Å². The van der Waals surface area contributed by atoms with Crippen LogP contribution in [0.1, 0.15) is 17.2 Å². The van der Waals surface area contributed by atoms with Gasteiger partial charge in [0.2, 0.25) is 0 Å². The Morgan fingerprint density at radius 2 is 2.20 bits per heavy atom. The summed E-state index contributed by atoms with van der Waals surface area (Å²) in [5, 5.41) is 9.73. The minimum atomic E-state index is -0.966. The number of esters is 1. The minimum absolute atomic E-state index is 0.0242. The van der Waals surface area contributed by atoms with Crippen LogP contribution in [0, 0.1) is 6.92 Å². The number of nitrogens with two attached hydrogens (primary N) is 1. The Bertz CT molecular complexity index is 392. The van der Waals surface area contributed by atoms with Crippen LogP contribution in [0.2, 0.25) is 0 Å². The molecular formula is C10H12BrNO3. The lowest BCUT2D eigenvalue weighted by Crippen LogP contribution is -2.22. The molecule has 15 heavy (non-hydrogen) atoms. The van der Waals surface area contributed by atoms with Crippen LogP contribution in [0.25, 0.3) is 0 Å². The molecule has 82 valence electrons. The van der Waals surface area contributed by atoms with E-state index in [1.807, 2.05) is 0 Å². The first kappa shape index (κ1) is 12.0. The number of phenols is 1. The summed E-state index contributed by atoms with van der Waals surface area (Å²) < 4.78 is 5.27. The quantitative estimate of drug-likeness (QED) is 0.804. The number of halogens is 1. The Morgan fingerprint density at radius 3 is 2.73 bits per heavy atom.